The predicted octanol–water partition coefficient (Wildman–Crippen LogP) is 1.06. The van der Waals surface area contributed by atoms with Crippen molar-refractivity contribution in [3.8, 4) is 0 Å². The summed E-state index contributed by atoms with van der Waals surface area (Å²) in [6.45, 7) is 2.25. The monoisotopic (exact) mass is 303 g/mol. The van der Waals surface area contributed by atoms with Crippen molar-refractivity contribution in [3.63, 3.8) is 0 Å². The molecule has 1 aromatic rings. The SMILES string of the molecule is C/C(C=N[C@@H](CCCN=C(N)N)C(=O)O)=C\c1cccnc1. The highest BCUT2D eigenvalue weighted by Crippen LogP contribution is 2.06. The summed E-state index contributed by atoms with van der Waals surface area (Å²) < 4.78 is 0. The molecule has 0 bridgehead atoms. The second-order valence-electron chi connectivity index (χ2n) is 4.76. The highest BCUT2D eigenvalue weighted by Gasteiger charge is 2.14. The molecule has 7 nitrogen and oxygen atoms in total. The third-order valence-electron chi connectivity index (χ3n) is 2.75. The van der Waals surface area contributed by atoms with Crippen molar-refractivity contribution in [3.05, 3.63) is 35.7 Å². The molecule has 1 aromatic heterocycles. The van der Waals surface area contributed by atoms with Gasteiger partial charge in [0.2, 0.25) is 0 Å². The molecule has 1 heterocycles. The van der Waals surface area contributed by atoms with E-state index < -0.39 is 12.0 Å². The number of aromatic nitrogens is 1. The van der Waals surface area contributed by atoms with Gasteiger partial charge in [0.1, 0.15) is 6.04 Å². The van der Waals surface area contributed by atoms with E-state index >= 15 is 0 Å². The fourth-order valence-electron chi connectivity index (χ4n) is 1.72. The Labute approximate surface area is 129 Å². The molecule has 118 valence electrons. The Balaban J connectivity index is 2.60. The number of rotatable bonds is 8. The van der Waals surface area contributed by atoms with Gasteiger partial charge >= 0.3 is 5.97 Å². The number of allylic oxidation sites excluding steroid dienone is 1. The number of carboxylic acid groups (broad SMARTS) is 1. The predicted molar refractivity (Wildman–Crippen MR) is 87.7 cm³/mol. The van der Waals surface area contributed by atoms with Crippen molar-refractivity contribution in [1.82, 2.24) is 4.98 Å². The molecule has 1 rings (SSSR count). The van der Waals surface area contributed by atoms with Gasteiger partial charge in [-0.3, -0.25) is 15.0 Å². The maximum absolute atomic E-state index is 11.2. The number of carboxylic acids is 1. The van der Waals surface area contributed by atoms with Crippen LogP contribution >= 0.6 is 0 Å². The van der Waals surface area contributed by atoms with E-state index in [-0.39, 0.29) is 5.96 Å². The molecule has 0 aromatic carbocycles. The van der Waals surface area contributed by atoms with Crippen LogP contribution in [0.25, 0.3) is 6.08 Å². The van der Waals surface area contributed by atoms with Gasteiger partial charge in [0.15, 0.2) is 5.96 Å². The first-order chi connectivity index (χ1) is 10.5. The molecule has 0 spiro atoms. The van der Waals surface area contributed by atoms with E-state index in [1.165, 1.54) is 0 Å². The Morgan fingerprint density at radius 3 is 2.86 bits per heavy atom. The Morgan fingerprint density at radius 1 is 1.50 bits per heavy atom. The van der Waals surface area contributed by atoms with E-state index in [9.17, 15) is 4.79 Å². The van der Waals surface area contributed by atoms with Gasteiger partial charge in [-0.1, -0.05) is 6.07 Å². The Kier molecular flexibility index (Phi) is 7.32. The van der Waals surface area contributed by atoms with E-state index in [1.807, 2.05) is 25.1 Å². The standard InChI is InChI=1S/C15H21N5O2/c1-11(8-12-4-2-6-18-10-12)9-20-13(14(21)22)5-3-7-19-15(16)17/h2,4,6,8-10,13H,3,5,7H2,1H3,(H,21,22)(H4,16,17,19)/b11-8+,20-9?/t13-/m0/s1. The molecule has 0 aliphatic carbocycles. The van der Waals surface area contributed by atoms with Gasteiger partial charge < -0.3 is 16.6 Å². The van der Waals surface area contributed by atoms with Gasteiger partial charge in [0.25, 0.3) is 0 Å². The third kappa shape index (κ3) is 7.18. The summed E-state index contributed by atoms with van der Waals surface area (Å²) in [5, 5.41) is 9.16. The minimum atomic E-state index is -0.963. The molecule has 1 atom stereocenters. The number of aliphatic carboxylic acids is 1. The summed E-state index contributed by atoms with van der Waals surface area (Å²) in [7, 11) is 0. The van der Waals surface area contributed by atoms with Crippen LogP contribution in [-0.4, -0.2) is 40.8 Å². The van der Waals surface area contributed by atoms with E-state index in [2.05, 4.69) is 15.0 Å². The average Bonchev–Trinajstić information content (AvgIpc) is 2.46. The van der Waals surface area contributed by atoms with Crippen LogP contribution in [0.5, 0.6) is 0 Å². The average molecular weight is 303 g/mol. The fraction of sp³-hybridized carbons (Fsp3) is 0.333. The van der Waals surface area contributed by atoms with Crippen molar-refractivity contribution in [1.29, 1.82) is 0 Å². The molecule has 5 N–H and O–H groups in total. The molecule has 0 fully saturated rings. The van der Waals surface area contributed by atoms with Crippen LogP contribution in [-0.2, 0) is 4.79 Å². The molecule has 0 aliphatic rings. The maximum atomic E-state index is 11.2. The van der Waals surface area contributed by atoms with Crippen molar-refractivity contribution >= 4 is 24.2 Å². The van der Waals surface area contributed by atoms with Crippen LogP contribution in [0.15, 0.2) is 40.1 Å². The van der Waals surface area contributed by atoms with Crippen LogP contribution < -0.4 is 11.5 Å². The molecule has 0 saturated carbocycles. The first-order valence-electron chi connectivity index (χ1n) is 6.88. The molecule has 0 unspecified atom stereocenters. The van der Waals surface area contributed by atoms with E-state index in [0.29, 0.717) is 19.4 Å². The van der Waals surface area contributed by atoms with E-state index in [1.54, 1.807) is 18.6 Å². The zero-order chi connectivity index (χ0) is 16.4. The topological polar surface area (TPSA) is 127 Å². The minimum absolute atomic E-state index is 0.00521. The fourth-order valence-corrected chi connectivity index (χ4v) is 1.72. The lowest BCUT2D eigenvalue weighted by molar-refractivity contribution is -0.138. The van der Waals surface area contributed by atoms with Crippen molar-refractivity contribution < 1.29 is 9.90 Å². The van der Waals surface area contributed by atoms with E-state index in [0.717, 1.165) is 11.1 Å². The van der Waals surface area contributed by atoms with Crippen molar-refractivity contribution in [2.75, 3.05) is 6.54 Å². The quantitative estimate of drug-likeness (QED) is 0.376. The van der Waals surface area contributed by atoms with Crippen LogP contribution in [0, 0.1) is 0 Å². The number of nitrogens with zero attached hydrogens (tertiary/aromatic N) is 3. The lowest BCUT2D eigenvalue weighted by Crippen LogP contribution is -2.23. The summed E-state index contributed by atoms with van der Waals surface area (Å²) >= 11 is 0. The van der Waals surface area contributed by atoms with Gasteiger partial charge in [-0.2, -0.15) is 0 Å². The molecule has 7 heteroatoms. The lowest BCUT2D eigenvalue weighted by Gasteiger charge is -2.06. The zero-order valence-corrected chi connectivity index (χ0v) is 12.5. The molecule has 0 aliphatic heterocycles. The summed E-state index contributed by atoms with van der Waals surface area (Å²) in [5.74, 6) is -0.958. The number of nitrogens with two attached hydrogens (primary N) is 2. The van der Waals surface area contributed by atoms with E-state index in [4.69, 9.17) is 16.6 Å². The highest BCUT2D eigenvalue weighted by molar-refractivity contribution is 5.86. The number of aliphatic imine (C=N–C) groups is 2. The van der Waals surface area contributed by atoms with Gasteiger partial charge in [0, 0.05) is 25.2 Å². The number of hydrogen-bond acceptors (Lipinski definition) is 4. The summed E-state index contributed by atoms with van der Waals surface area (Å²) in [4.78, 5) is 23.1. The Hall–Kier alpha value is -2.70. The van der Waals surface area contributed by atoms with Crippen LogP contribution in [0.2, 0.25) is 0 Å². The second-order valence-corrected chi connectivity index (χ2v) is 4.76. The molecule has 0 amide bonds. The molecule has 22 heavy (non-hydrogen) atoms. The Morgan fingerprint density at radius 2 is 2.27 bits per heavy atom. The molecule has 0 radical (unpaired) electrons. The number of hydrogen-bond donors (Lipinski definition) is 3. The second kappa shape index (κ2) is 9.28. The van der Waals surface area contributed by atoms with Crippen molar-refractivity contribution in [2.45, 2.75) is 25.8 Å². The molecular weight excluding hydrogens is 282 g/mol. The largest absolute Gasteiger partial charge is 0.480 e. The lowest BCUT2D eigenvalue weighted by atomic mass is 10.1. The number of carbonyl (C=O) groups is 1. The van der Waals surface area contributed by atoms with Crippen LogP contribution in [0.3, 0.4) is 0 Å². The summed E-state index contributed by atoms with van der Waals surface area (Å²) in [6.07, 6.45) is 7.79. The van der Waals surface area contributed by atoms with Gasteiger partial charge in [-0.15, -0.1) is 0 Å². The maximum Gasteiger partial charge on any atom is 0.328 e. The number of guanidine groups is 1. The van der Waals surface area contributed by atoms with Gasteiger partial charge in [-0.05, 0) is 43.0 Å². The highest BCUT2D eigenvalue weighted by atomic mass is 16.4. The third-order valence-corrected chi connectivity index (χ3v) is 2.75. The Bertz CT molecular complexity index is 563. The molecular formula is C15H21N5O2. The first-order valence-corrected chi connectivity index (χ1v) is 6.88. The van der Waals surface area contributed by atoms with Gasteiger partial charge in [0.05, 0.1) is 0 Å². The summed E-state index contributed by atoms with van der Waals surface area (Å²) in [6, 6.07) is 2.94. The normalized spacial score (nSPS) is 13.0. The number of pyridine rings is 1. The minimum Gasteiger partial charge on any atom is -0.480 e. The zero-order valence-electron chi connectivity index (χ0n) is 12.5. The van der Waals surface area contributed by atoms with Crippen LogP contribution in [0.1, 0.15) is 25.3 Å². The summed E-state index contributed by atoms with van der Waals surface area (Å²) in [5.41, 5.74) is 12.2. The van der Waals surface area contributed by atoms with Crippen molar-refractivity contribution in [2.24, 2.45) is 21.5 Å². The van der Waals surface area contributed by atoms with Crippen LogP contribution in [0.4, 0.5) is 0 Å². The first kappa shape index (κ1) is 17.4. The molecule has 0 saturated heterocycles. The van der Waals surface area contributed by atoms with Gasteiger partial charge in [-0.25, -0.2) is 4.79 Å². The smallest absolute Gasteiger partial charge is 0.328 e.